The maximum absolute atomic E-state index is 12.8. The lowest BCUT2D eigenvalue weighted by molar-refractivity contribution is 0.102. The van der Waals surface area contributed by atoms with E-state index in [1.807, 2.05) is 55.7 Å². The first kappa shape index (κ1) is 18.8. The summed E-state index contributed by atoms with van der Waals surface area (Å²) in [6, 6.07) is 13.4. The van der Waals surface area contributed by atoms with Crippen molar-refractivity contribution in [3.8, 4) is 11.1 Å². The first-order chi connectivity index (χ1) is 14.7. The van der Waals surface area contributed by atoms with Gasteiger partial charge in [-0.25, -0.2) is 4.98 Å². The Bertz CT molecular complexity index is 1210. The lowest BCUT2D eigenvalue weighted by Crippen LogP contribution is -2.36. The quantitative estimate of drug-likeness (QED) is 0.545. The molecule has 0 atom stereocenters. The lowest BCUT2D eigenvalue weighted by atomic mass is 10.1. The lowest BCUT2D eigenvalue weighted by Gasteiger charge is -2.25. The molecule has 2 aromatic heterocycles. The molecular weight excluding hydrogens is 398 g/mol. The Labute approximate surface area is 177 Å². The van der Waals surface area contributed by atoms with Crippen molar-refractivity contribution >= 4 is 38.3 Å². The third kappa shape index (κ3) is 3.79. The molecule has 5 rings (SSSR count). The Kier molecular flexibility index (Phi) is 4.94. The Balaban J connectivity index is 1.35. The molecule has 1 fully saturated rings. The van der Waals surface area contributed by atoms with Crippen LogP contribution in [0.2, 0.25) is 0 Å². The number of hydrogen-bond donors (Lipinski definition) is 1. The van der Waals surface area contributed by atoms with Crippen LogP contribution in [0.25, 0.3) is 21.3 Å². The highest BCUT2D eigenvalue weighted by atomic mass is 32.1. The molecule has 4 aromatic rings. The minimum Gasteiger partial charge on any atom is -0.378 e. The van der Waals surface area contributed by atoms with Crippen molar-refractivity contribution in [3.63, 3.8) is 0 Å². The Morgan fingerprint density at radius 2 is 2.00 bits per heavy atom. The van der Waals surface area contributed by atoms with Crippen molar-refractivity contribution in [2.45, 2.75) is 0 Å². The number of hydrogen-bond acceptors (Lipinski definition) is 6. The second kappa shape index (κ2) is 7.89. The van der Waals surface area contributed by atoms with Crippen LogP contribution in [0.15, 0.2) is 54.9 Å². The van der Waals surface area contributed by atoms with E-state index in [1.165, 1.54) is 0 Å². The van der Waals surface area contributed by atoms with E-state index >= 15 is 0 Å². The summed E-state index contributed by atoms with van der Waals surface area (Å²) >= 11 is 1.64. The van der Waals surface area contributed by atoms with E-state index in [2.05, 4.69) is 15.3 Å². The van der Waals surface area contributed by atoms with Crippen LogP contribution >= 0.6 is 11.3 Å². The molecule has 1 N–H and O–H groups in total. The number of benzene rings is 2. The van der Waals surface area contributed by atoms with Gasteiger partial charge in [0.2, 0.25) is 0 Å². The summed E-state index contributed by atoms with van der Waals surface area (Å²) in [6.45, 7) is 3.18. The van der Waals surface area contributed by atoms with Crippen molar-refractivity contribution < 1.29 is 9.53 Å². The van der Waals surface area contributed by atoms with E-state index in [-0.39, 0.29) is 5.91 Å². The number of carbonyl (C=O) groups excluding carboxylic acids is 1. The van der Waals surface area contributed by atoms with E-state index in [1.54, 1.807) is 22.2 Å². The van der Waals surface area contributed by atoms with Gasteiger partial charge in [-0.2, -0.15) is 5.10 Å². The SMILES string of the molecule is Cn1cc(-c2cccc(C(=O)Nc3ccc4nc(N5CCOCC5)sc4c3)c2)cn1. The average Bonchev–Trinajstić information content (AvgIpc) is 3.40. The number of carbonyl (C=O) groups is 1. The number of aromatic nitrogens is 3. The fraction of sp³-hybridized carbons (Fsp3) is 0.227. The molecule has 8 heteroatoms. The van der Waals surface area contributed by atoms with Crippen LogP contribution in [0, 0.1) is 0 Å². The third-order valence-corrected chi connectivity index (χ3v) is 6.16. The normalized spacial score (nSPS) is 14.2. The number of anilines is 2. The highest BCUT2D eigenvalue weighted by Gasteiger charge is 2.16. The van der Waals surface area contributed by atoms with Crippen molar-refractivity contribution in [3.05, 3.63) is 60.4 Å². The number of ether oxygens (including phenoxy) is 1. The molecular formula is C22H21N5O2S. The van der Waals surface area contributed by atoms with Gasteiger partial charge in [-0.05, 0) is 35.9 Å². The molecule has 0 spiro atoms. The summed E-state index contributed by atoms with van der Waals surface area (Å²) in [6.07, 6.45) is 3.72. The van der Waals surface area contributed by atoms with Gasteiger partial charge in [0.25, 0.3) is 5.91 Å². The summed E-state index contributed by atoms with van der Waals surface area (Å²) in [5.41, 5.74) is 4.25. The molecule has 30 heavy (non-hydrogen) atoms. The first-order valence-corrected chi connectivity index (χ1v) is 10.6. The second-order valence-electron chi connectivity index (χ2n) is 7.22. The Morgan fingerprint density at radius 3 is 2.80 bits per heavy atom. The number of morpholine rings is 1. The molecule has 1 saturated heterocycles. The third-order valence-electron chi connectivity index (χ3n) is 5.08. The minimum absolute atomic E-state index is 0.141. The smallest absolute Gasteiger partial charge is 0.255 e. The zero-order chi connectivity index (χ0) is 20.5. The summed E-state index contributed by atoms with van der Waals surface area (Å²) in [5, 5.41) is 8.21. The number of thiazole rings is 1. The minimum atomic E-state index is -0.141. The number of nitrogens with one attached hydrogen (secondary N) is 1. The summed E-state index contributed by atoms with van der Waals surface area (Å²) < 4.78 is 8.22. The van der Waals surface area contributed by atoms with Crippen LogP contribution in [-0.4, -0.2) is 47.0 Å². The van der Waals surface area contributed by atoms with Gasteiger partial charge in [-0.1, -0.05) is 23.5 Å². The van der Waals surface area contributed by atoms with Gasteiger partial charge in [0, 0.05) is 43.1 Å². The zero-order valence-corrected chi connectivity index (χ0v) is 17.4. The monoisotopic (exact) mass is 419 g/mol. The van der Waals surface area contributed by atoms with Crippen molar-refractivity contribution in [2.75, 3.05) is 36.5 Å². The van der Waals surface area contributed by atoms with Gasteiger partial charge in [0.1, 0.15) is 0 Å². The topological polar surface area (TPSA) is 72.3 Å². The fourth-order valence-corrected chi connectivity index (χ4v) is 4.55. The van der Waals surface area contributed by atoms with Gasteiger partial charge < -0.3 is 15.0 Å². The fourth-order valence-electron chi connectivity index (χ4n) is 3.49. The van der Waals surface area contributed by atoms with Gasteiger partial charge in [0.15, 0.2) is 5.13 Å². The molecule has 3 heterocycles. The van der Waals surface area contributed by atoms with Crippen LogP contribution in [0.4, 0.5) is 10.8 Å². The van der Waals surface area contributed by atoms with Crippen LogP contribution in [0.3, 0.4) is 0 Å². The number of aryl methyl sites for hydroxylation is 1. The number of fused-ring (bicyclic) bond motifs is 1. The molecule has 7 nitrogen and oxygen atoms in total. The molecule has 0 unspecified atom stereocenters. The maximum Gasteiger partial charge on any atom is 0.255 e. The Hall–Kier alpha value is -3.23. The summed E-state index contributed by atoms with van der Waals surface area (Å²) in [4.78, 5) is 19.8. The molecule has 0 radical (unpaired) electrons. The average molecular weight is 420 g/mol. The second-order valence-corrected chi connectivity index (χ2v) is 8.23. The molecule has 2 aromatic carbocycles. The highest BCUT2D eigenvalue weighted by Crippen LogP contribution is 2.31. The molecule has 0 bridgehead atoms. The first-order valence-electron chi connectivity index (χ1n) is 9.79. The van der Waals surface area contributed by atoms with Crippen molar-refractivity contribution in [1.82, 2.24) is 14.8 Å². The van der Waals surface area contributed by atoms with Gasteiger partial charge in [0.05, 0.1) is 29.6 Å². The molecule has 152 valence electrons. The molecule has 0 aliphatic carbocycles. The highest BCUT2D eigenvalue weighted by molar-refractivity contribution is 7.22. The van der Waals surface area contributed by atoms with E-state index < -0.39 is 0 Å². The molecule has 0 saturated carbocycles. The standard InChI is InChI=1S/C22H21N5O2S/c1-26-14-17(13-23-26)15-3-2-4-16(11-15)21(28)24-18-5-6-19-20(12-18)30-22(25-19)27-7-9-29-10-8-27/h2-6,11-14H,7-10H2,1H3,(H,24,28). The summed E-state index contributed by atoms with van der Waals surface area (Å²) in [5.74, 6) is -0.141. The van der Waals surface area contributed by atoms with Crippen molar-refractivity contribution in [1.29, 1.82) is 0 Å². The zero-order valence-electron chi connectivity index (χ0n) is 16.5. The van der Waals surface area contributed by atoms with Crippen molar-refractivity contribution in [2.24, 2.45) is 7.05 Å². The molecule has 1 aliphatic heterocycles. The van der Waals surface area contributed by atoms with E-state index in [0.717, 1.165) is 58.5 Å². The van der Waals surface area contributed by atoms with Gasteiger partial charge in [-0.3, -0.25) is 9.48 Å². The van der Waals surface area contributed by atoms with E-state index in [9.17, 15) is 4.79 Å². The largest absolute Gasteiger partial charge is 0.378 e. The van der Waals surface area contributed by atoms with E-state index in [0.29, 0.717) is 5.56 Å². The maximum atomic E-state index is 12.8. The number of amides is 1. The molecule has 1 amide bonds. The van der Waals surface area contributed by atoms with Crippen LogP contribution in [0.1, 0.15) is 10.4 Å². The van der Waals surface area contributed by atoms with Crippen LogP contribution < -0.4 is 10.2 Å². The predicted octanol–water partition coefficient (Wildman–Crippen LogP) is 3.79. The van der Waals surface area contributed by atoms with Gasteiger partial charge >= 0.3 is 0 Å². The predicted molar refractivity (Wildman–Crippen MR) is 119 cm³/mol. The molecule has 1 aliphatic rings. The number of nitrogens with zero attached hydrogens (tertiary/aromatic N) is 4. The van der Waals surface area contributed by atoms with Crippen LogP contribution in [0.5, 0.6) is 0 Å². The Morgan fingerprint density at radius 1 is 1.13 bits per heavy atom. The van der Waals surface area contributed by atoms with Crippen LogP contribution in [-0.2, 0) is 11.8 Å². The summed E-state index contributed by atoms with van der Waals surface area (Å²) in [7, 11) is 1.88. The van der Waals surface area contributed by atoms with E-state index in [4.69, 9.17) is 9.72 Å². The number of rotatable bonds is 4. The van der Waals surface area contributed by atoms with Gasteiger partial charge in [-0.15, -0.1) is 0 Å².